The van der Waals surface area contributed by atoms with E-state index >= 15 is 0 Å². The van der Waals surface area contributed by atoms with Gasteiger partial charge in [-0.3, -0.25) is 4.79 Å². The van der Waals surface area contributed by atoms with Crippen LogP contribution < -0.4 is 0 Å². The van der Waals surface area contributed by atoms with Crippen LogP contribution >= 0.6 is 0 Å². The number of carbonyl (C=O) groups is 1. The zero-order valence-electron chi connectivity index (χ0n) is 14.4. The topological polar surface area (TPSA) is 35.5 Å². The first kappa shape index (κ1) is 15.1. The normalized spacial score (nSPS) is 43.7. The molecule has 2 unspecified atom stereocenters. The first-order valence-electron chi connectivity index (χ1n) is 9.63. The molecule has 0 aromatic rings. The molecule has 0 radical (unpaired) electrons. The number of fused-ring (bicyclic) bond motifs is 5. The predicted octanol–water partition coefficient (Wildman–Crippen LogP) is 3.75. The Kier molecular flexibility index (Phi) is 3.40. The van der Waals surface area contributed by atoms with Crippen molar-refractivity contribution >= 4 is 5.78 Å². The third-order valence-electron chi connectivity index (χ3n) is 7.22. The third kappa shape index (κ3) is 1.94. The van der Waals surface area contributed by atoms with Crippen LogP contribution in [0.25, 0.3) is 0 Å². The van der Waals surface area contributed by atoms with Gasteiger partial charge in [-0.2, -0.15) is 0 Å². The summed E-state index contributed by atoms with van der Waals surface area (Å²) < 4.78 is 11.9. The lowest BCUT2D eigenvalue weighted by Crippen LogP contribution is -2.43. The predicted molar refractivity (Wildman–Crippen MR) is 91.5 cm³/mol. The van der Waals surface area contributed by atoms with E-state index in [4.69, 9.17) is 9.47 Å². The van der Waals surface area contributed by atoms with E-state index in [-0.39, 0.29) is 17.6 Å². The van der Waals surface area contributed by atoms with Gasteiger partial charge in [-0.1, -0.05) is 19.1 Å². The van der Waals surface area contributed by atoms with Gasteiger partial charge in [0.2, 0.25) is 0 Å². The Morgan fingerprint density at radius 1 is 1.21 bits per heavy atom. The lowest BCUT2D eigenvalue weighted by Gasteiger charge is -2.45. The molecule has 4 aliphatic carbocycles. The molecule has 5 aliphatic rings. The maximum absolute atomic E-state index is 12.6. The van der Waals surface area contributed by atoms with Crippen molar-refractivity contribution in [1.29, 1.82) is 0 Å². The Balaban J connectivity index is 1.58. The number of hydrogen-bond acceptors (Lipinski definition) is 3. The van der Waals surface area contributed by atoms with Gasteiger partial charge in [0.1, 0.15) is 11.9 Å². The highest BCUT2D eigenvalue weighted by molar-refractivity contribution is 5.90. The summed E-state index contributed by atoms with van der Waals surface area (Å²) in [7, 11) is 0. The highest BCUT2D eigenvalue weighted by Gasteiger charge is 2.53. The van der Waals surface area contributed by atoms with Gasteiger partial charge in [-0.05, 0) is 60.3 Å². The summed E-state index contributed by atoms with van der Waals surface area (Å²) >= 11 is 0. The molecular formula is C21H26O3. The molecule has 1 saturated heterocycles. The maximum atomic E-state index is 12.6. The highest BCUT2D eigenvalue weighted by Crippen LogP contribution is 2.57. The smallest absolute Gasteiger partial charge is 0.143 e. The molecule has 0 amide bonds. The van der Waals surface area contributed by atoms with Crippen LogP contribution in [0, 0.1) is 17.3 Å². The Morgan fingerprint density at radius 2 is 2.08 bits per heavy atom. The number of hydrogen-bond donors (Lipinski definition) is 0. The zero-order valence-corrected chi connectivity index (χ0v) is 14.4. The lowest BCUT2D eigenvalue weighted by molar-refractivity contribution is -0.125. The number of allylic oxidation sites excluding steroid dienone is 4. The van der Waals surface area contributed by atoms with Gasteiger partial charge < -0.3 is 9.47 Å². The zero-order chi connectivity index (χ0) is 16.3. The average Bonchev–Trinajstić information content (AvgIpc) is 2.97. The second kappa shape index (κ2) is 5.40. The van der Waals surface area contributed by atoms with Gasteiger partial charge in [-0.15, -0.1) is 0 Å². The Labute approximate surface area is 143 Å². The fraction of sp³-hybridized carbons (Fsp3) is 0.667. The quantitative estimate of drug-likeness (QED) is 0.736. The largest absolute Gasteiger partial charge is 0.372 e. The Morgan fingerprint density at radius 3 is 2.96 bits per heavy atom. The minimum atomic E-state index is -0.169. The summed E-state index contributed by atoms with van der Waals surface area (Å²) in [5.74, 6) is 1.56. The van der Waals surface area contributed by atoms with E-state index < -0.39 is 0 Å². The molecule has 0 spiro atoms. The van der Waals surface area contributed by atoms with Crippen molar-refractivity contribution in [2.45, 2.75) is 57.7 Å². The fourth-order valence-electron chi connectivity index (χ4n) is 5.99. The van der Waals surface area contributed by atoms with E-state index in [2.05, 4.69) is 25.2 Å². The molecule has 0 bridgehead atoms. The Bertz CT molecular complexity index is 671. The van der Waals surface area contributed by atoms with Crippen LogP contribution in [0.3, 0.4) is 0 Å². The van der Waals surface area contributed by atoms with Gasteiger partial charge in [0.25, 0.3) is 0 Å². The first-order valence-corrected chi connectivity index (χ1v) is 9.63. The Hall–Kier alpha value is -1.19. The van der Waals surface area contributed by atoms with E-state index in [1.54, 1.807) is 0 Å². The molecule has 1 aliphatic heterocycles. The molecule has 2 fully saturated rings. The summed E-state index contributed by atoms with van der Waals surface area (Å²) in [4.78, 5) is 12.6. The van der Waals surface area contributed by atoms with Crippen molar-refractivity contribution in [1.82, 2.24) is 0 Å². The molecule has 0 aromatic heterocycles. The average molecular weight is 326 g/mol. The maximum Gasteiger partial charge on any atom is 0.143 e. The molecule has 128 valence electrons. The molecule has 3 nitrogen and oxygen atoms in total. The van der Waals surface area contributed by atoms with Crippen molar-refractivity contribution in [3.05, 3.63) is 34.9 Å². The molecule has 0 N–H and O–H groups in total. The monoisotopic (exact) mass is 326 g/mol. The summed E-state index contributed by atoms with van der Waals surface area (Å²) in [6, 6.07) is 0. The van der Waals surface area contributed by atoms with Crippen LogP contribution in [0.4, 0.5) is 0 Å². The van der Waals surface area contributed by atoms with Gasteiger partial charge >= 0.3 is 0 Å². The van der Waals surface area contributed by atoms with Gasteiger partial charge in [0, 0.05) is 12.8 Å². The number of ketones is 1. The van der Waals surface area contributed by atoms with E-state index in [1.807, 2.05) is 0 Å². The van der Waals surface area contributed by atoms with E-state index in [9.17, 15) is 4.79 Å². The fourth-order valence-corrected chi connectivity index (χ4v) is 5.99. The van der Waals surface area contributed by atoms with Crippen LogP contribution in [-0.2, 0) is 14.3 Å². The second-order valence-corrected chi connectivity index (χ2v) is 8.02. The third-order valence-corrected chi connectivity index (χ3v) is 7.22. The van der Waals surface area contributed by atoms with Gasteiger partial charge in [0.05, 0.1) is 24.7 Å². The summed E-state index contributed by atoms with van der Waals surface area (Å²) in [6.07, 6.45) is 13.3. The molecule has 5 rings (SSSR count). The molecule has 1 saturated carbocycles. The summed E-state index contributed by atoms with van der Waals surface area (Å²) in [5, 5.41) is 0. The van der Waals surface area contributed by atoms with Crippen molar-refractivity contribution < 1.29 is 14.3 Å². The van der Waals surface area contributed by atoms with Crippen molar-refractivity contribution in [2.24, 2.45) is 17.3 Å². The van der Waals surface area contributed by atoms with Gasteiger partial charge in [-0.25, -0.2) is 0 Å². The molecule has 1 heterocycles. The van der Waals surface area contributed by atoms with E-state index in [0.717, 1.165) is 32.1 Å². The second-order valence-electron chi connectivity index (χ2n) is 8.02. The van der Waals surface area contributed by atoms with Crippen LogP contribution in [-0.4, -0.2) is 31.2 Å². The molecule has 3 heteroatoms. The SMILES string of the molecule is CC[C@]12C=CC3=C4CC5OCCOC5C=C4CC[C@H]3[C@@H]1CCC2=O. The first-order chi connectivity index (χ1) is 11.7. The van der Waals surface area contributed by atoms with Crippen LogP contribution in [0.5, 0.6) is 0 Å². The molecular weight excluding hydrogens is 300 g/mol. The number of Topliss-reactive ketones (excluding diaryl/α,β-unsaturated/α-hetero) is 1. The number of rotatable bonds is 1. The van der Waals surface area contributed by atoms with Gasteiger partial charge in [0.15, 0.2) is 0 Å². The van der Waals surface area contributed by atoms with E-state index in [1.165, 1.54) is 23.1 Å². The van der Waals surface area contributed by atoms with Crippen molar-refractivity contribution in [3.63, 3.8) is 0 Å². The van der Waals surface area contributed by atoms with E-state index in [0.29, 0.717) is 30.8 Å². The summed E-state index contributed by atoms with van der Waals surface area (Å²) in [5.41, 5.74) is 4.31. The number of carbonyl (C=O) groups excluding carboxylic acids is 1. The lowest BCUT2D eigenvalue weighted by atomic mass is 9.59. The number of ether oxygens (including phenoxy) is 2. The summed E-state index contributed by atoms with van der Waals surface area (Å²) in [6.45, 7) is 3.61. The minimum Gasteiger partial charge on any atom is -0.372 e. The van der Waals surface area contributed by atoms with Crippen LogP contribution in [0.2, 0.25) is 0 Å². The standard InChI is InChI=1S/C21H26O3/c1-2-21-8-7-14-15(17(21)5-6-20(21)22)4-3-13-11-18-19(12-16(13)14)24-10-9-23-18/h7-8,11,15,17-19H,2-6,9-10,12H2,1H3/t15-,17+,18?,19?,21+/m1/s1. The molecule has 5 atom stereocenters. The minimum absolute atomic E-state index is 0.144. The molecule has 0 aromatic carbocycles. The molecule has 24 heavy (non-hydrogen) atoms. The van der Waals surface area contributed by atoms with Crippen molar-refractivity contribution in [3.8, 4) is 0 Å². The van der Waals surface area contributed by atoms with Crippen LogP contribution in [0.15, 0.2) is 34.9 Å². The highest BCUT2D eigenvalue weighted by atomic mass is 16.6. The van der Waals surface area contributed by atoms with Crippen molar-refractivity contribution in [2.75, 3.05) is 13.2 Å². The van der Waals surface area contributed by atoms with Crippen LogP contribution in [0.1, 0.15) is 45.4 Å².